The predicted molar refractivity (Wildman–Crippen MR) is 78.8 cm³/mol. The van der Waals surface area contributed by atoms with Crippen LogP contribution < -0.4 is 0 Å². The molecule has 0 aromatic heterocycles. The average Bonchev–Trinajstić information content (AvgIpc) is 2.41. The van der Waals surface area contributed by atoms with E-state index < -0.39 is 10.0 Å². The fraction of sp³-hybridized carbons (Fsp3) is 0.455. The van der Waals surface area contributed by atoms with Gasteiger partial charge in [0.15, 0.2) is 0 Å². The Labute approximate surface area is 130 Å². The third-order valence-corrected chi connectivity index (χ3v) is 6.25. The van der Waals surface area contributed by atoms with Crippen molar-refractivity contribution in [1.29, 1.82) is 0 Å². The van der Waals surface area contributed by atoms with Gasteiger partial charge in [-0.2, -0.15) is 4.31 Å². The highest BCUT2D eigenvalue weighted by Gasteiger charge is 2.34. The van der Waals surface area contributed by atoms with E-state index in [1.807, 2.05) is 0 Å². The van der Waals surface area contributed by atoms with Crippen molar-refractivity contribution in [2.45, 2.75) is 10.9 Å². The lowest BCUT2D eigenvalue weighted by atomic mass is 10.3. The maximum absolute atomic E-state index is 12.6. The lowest BCUT2D eigenvalue weighted by Crippen LogP contribution is -2.49. The van der Waals surface area contributed by atoms with E-state index in [-0.39, 0.29) is 16.0 Å². The molecule has 0 bridgehead atoms. The SMILES string of the molecule is O=S(=O)(c1cc(Cl)ccc1Cl)N1CCOCC1CBr. The van der Waals surface area contributed by atoms with Gasteiger partial charge in [0.1, 0.15) is 4.90 Å². The highest BCUT2D eigenvalue weighted by atomic mass is 79.9. The van der Waals surface area contributed by atoms with Crippen LogP contribution in [0.2, 0.25) is 10.0 Å². The third-order valence-electron chi connectivity index (χ3n) is 2.83. The van der Waals surface area contributed by atoms with Gasteiger partial charge < -0.3 is 4.74 Å². The van der Waals surface area contributed by atoms with E-state index in [0.717, 1.165) is 0 Å². The van der Waals surface area contributed by atoms with Gasteiger partial charge in [-0.3, -0.25) is 0 Å². The van der Waals surface area contributed by atoms with E-state index in [9.17, 15) is 8.42 Å². The van der Waals surface area contributed by atoms with Crippen molar-refractivity contribution >= 4 is 49.2 Å². The maximum Gasteiger partial charge on any atom is 0.245 e. The monoisotopic (exact) mass is 387 g/mol. The minimum Gasteiger partial charge on any atom is -0.378 e. The van der Waals surface area contributed by atoms with Gasteiger partial charge in [-0.05, 0) is 18.2 Å². The summed E-state index contributed by atoms with van der Waals surface area (Å²) in [5.74, 6) is 0. The highest BCUT2D eigenvalue weighted by molar-refractivity contribution is 9.09. The number of sulfonamides is 1. The van der Waals surface area contributed by atoms with Gasteiger partial charge in [-0.25, -0.2) is 8.42 Å². The van der Waals surface area contributed by atoms with Crippen LogP contribution in [0.4, 0.5) is 0 Å². The molecule has 1 heterocycles. The van der Waals surface area contributed by atoms with Crippen molar-refractivity contribution < 1.29 is 13.2 Å². The van der Waals surface area contributed by atoms with Crippen molar-refractivity contribution in [3.05, 3.63) is 28.2 Å². The molecular weight excluding hydrogens is 377 g/mol. The molecule has 4 nitrogen and oxygen atoms in total. The Morgan fingerprint density at radius 3 is 2.84 bits per heavy atom. The van der Waals surface area contributed by atoms with Crippen LogP contribution in [0, 0.1) is 0 Å². The molecule has 19 heavy (non-hydrogen) atoms. The molecule has 1 aromatic rings. The molecule has 1 saturated heterocycles. The van der Waals surface area contributed by atoms with Crippen LogP contribution >= 0.6 is 39.1 Å². The summed E-state index contributed by atoms with van der Waals surface area (Å²) >= 11 is 15.1. The predicted octanol–water partition coefficient (Wildman–Crippen LogP) is 2.78. The lowest BCUT2D eigenvalue weighted by Gasteiger charge is -2.33. The molecule has 0 amide bonds. The Hall–Kier alpha value is 0.150. The van der Waals surface area contributed by atoms with Crippen molar-refractivity contribution in [2.75, 3.05) is 25.1 Å². The van der Waals surface area contributed by atoms with Gasteiger partial charge in [-0.1, -0.05) is 39.1 Å². The standard InChI is InChI=1S/C11H12BrCl2NO3S/c12-6-9-7-18-4-3-15(9)19(16,17)11-5-8(13)1-2-10(11)14/h1-2,5,9H,3-4,6-7H2. The summed E-state index contributed by atoms with van der Waals surface area (Å²) in [5.41, 5.74) is 0. The second kappa shape index (κ2) is 6.28. The molecule has 0 N–H and O–H groups in total. The van der Waals surface area contributed by atoms with Crippen molar-refractivity contribution in [1.82, 2.24) is 4.31 Å². The van der Waals surface area contributed by atoms with Gasteiger partial charge >= 0.3 is 0 Å². The molecule has 2 rings (SSSR count). The number of benzene rings is 1. The number of ether oxygens (including phenoxy) is 1. The Bertz CT molecular complexity index is 567. The second-order valence-electron chi connectivity index (χ2n) is 4.07. The highest BCUT2D eigenvalue weighted by Crippen LogP contribution is 2.29. The first-order valence-electron chi connectivity index (χ1n) is 5.57. The normalized spacial score (nSPS) is 21.5. The Balaban J connectivity index is 2.43. The lowest BCUT2D eigenvalue weighted by molar-refractivity contribution is 0.0413. The number of halogens is 3. The molecule has 0 radical (unpaired) electrons. The zero-order valence-corrected chi connectivity index (χ0v) is 13.8. The Morgan fingerprint density at radius 2 is 2.16 bits per heavy atom. The number of nitrogens with zero attached hydrogens (tertiary/aromatic N) is 1. The van der Waals surface area contributed by atoms with Crippen molar-refractivity contribution in [3.63, 3.8) is 0 Å². The summed E-state index contributed by atoms with van der Waals surface area (Å²) in [7, 11) is -3.67. The quantitative estimate of drug-likeness (QED) is 0.748. The summed E-state index contributed by atoms with van der Waals surface area (Å²) in [4.78, 5) is 0.0366. The molecule has 1 fully saturated rings. The van der Waals surface area contributed by atoms with Crippen LogP contribution in [-0.2, 0) is 14.8 Å². The van der Waals surface area contributed by atoms with Gasteiger partial charge in [0.25, 0.3) is 0 Å². The molecule has 1 unspecified atom stereocenters. The van der Waals surface area contributed by atoms with E-state index in [2.05, 4.69) is 15.9 Å². The summed E-state index contributed by atoms with van der Waals surface area (Å²) < 4.78 is 32.0. The van der Waals surface area contributed by atoms with Gasteiger partial charge in [0.2, 0.25) is 10.0 Å². The van der Waals surface area contributed by atoms with E-state index >= 15 is 0 Å². The largest absolute Gasteiger partial charge is 0.378 e. The van der Waals surface area contributed by atoms with Crippen LogP contribution in [-0.4, -0.2) is 43.9 Å². The van der Waals surface area contributed by atoms with Gasteiger partial charge in [-0.15, -0.1) is 0 Å². The smallest absolute Gasteiger partial charge is 0.245 e. The molecule has 1 aliphatic rings. The number of hydrogen-bond acceptors (Lipinski definition) is 3. The molecular formula is C11H12BrCl2NO3S. The van der Waals surface area contributed by atoms with E-state index in [1.165, 1.54) is 16.4 Å². The van der Waals surface area contributed by atoms with Crippen LogP contribution in [0.3, 0.4) is 0 Å². The summed E-state index contributed by atoms with van der Waals surface area (Å²) in [6.07, 6.45) is 0. The number of rotatable bonds is 3. The van der Waals surface area contributed by atoms with Crippen LogP contribution in [0.15, 0.2) is 23.1 Å². The molecule has 1 aliphatic heterocycles. The van der Waals surface area contributed by atoms with E-state index in [0.29, 0.717) is 30.1 Å². The zero-order chi connectivity index (χ0) is 14.0. The number of morpholine rings is 1. The van der Waals surface area contributed by atoms with Gasteiger partial charge in [0, 0.05) is 16.9 Å². The Morgan fingerprint density at radius 1 is 1.42 bits per heavy atom. The molecule has 0 spiro atoms. The van der Waals surface area contributed by atoms with Crippen LogP contribution in [0.25, 0.3) is 0 Å². The minimum absolute atomic E-state index is 0.0366. The fourth-order valence-corrected chi connectivity index (χ4v) is 4.94. The zero-order valence-electron chi connectivity index (χ0n) is 9.85. The number of alkyl halides is 1. The molecule has 0 aliphatic carbocycles. The summed E-state index contributed by atoms with van der Waals surface area (Å²) in [6, 6.07) is 4.18. The first-order valence-corrected chi connectivity index (χ1v) is 8.89. The molecule has 1 aromatic carbocycles. The maximum atomic E-state index is 12.6. The molecule has 106 valence electrons. The molecule has 0 saturated carbocycles. The molecule has 1 atom stereocenters. The second-order valence-corrected chi connectivity index (χ2v) is 7.42. The van der Waals surface area contributed by atoms with E-state index in [1.54, 1.807) is 6.07 Å². The third kappa shape index (κ3) is 3.25. The van der Waals surface area contributed by atoms with E-state index in [4.69, 9.17) is 27.9 Å². The topological polar surface area (TPSA) is 46.6 Å². The van der Waals surface area contributed by atoms with Gasteiger partial charge in [0.05, 0.1) is 24.3 Å². The number of hydrogen-bond donors (Lipinski definition) is 0. The fourth-order valence-electron chi connectivity index (χ4n) is 1.88. The summed E-state index contributed by atoms with van der Waals surface area (Å²) in [6.45, 7) is 1.05. The first-order chi connectivity index (χ1) is 8.96. The Kier molecular flexibility index (Phi) is 5.14. The van der Waals surface area contributed by atoms with Crippen molar-refractivity contribution in [3.8, 4) is 0 Å². The molecule has 8 heteroatoms. The average molecular weight is 389 g/mol. The van der Waals surface area contributed by atoms with Crippen LogP contribution in [0.1, 0.15) is 0 Å². The first kappa shape index (κ1) is 15.5. The van der Waals surface area contributed by atoms with Crippen molar-refractivity contribution in [2.24, 2.45) is 0 Å². The minimum atomic E-state index is -3.67. The summed E-state index contributed by atoms with van der Waals surface area (Å²) in [5, 5.41) is 1.01. The van der Waals surface area contributed by atoms with Crippen LogP contribution in [0.5, 0.6) is 0 Å².